The quantitative estimate of drug-likeness (QED) is 0.334. The number of aliphatic hydroxyl groups excluding tert-OH is 2. The molecule has 1 fully saturated rings. The van der Waals surface area contributed by atoms with Gasteiger partial charge in [0.2, 0.25) is 5.78 Å². The Morgan fingerprint density at radius 2 is 2.00 bits per heavy atom. The Kier molecular flexibility index (Phi) is 7.78. The van der Waals surface area contributed by atoms with E-state index in [-0.39, 0.29) is 42.3 Å². The maximum Gasteiger partial charge on any atom is 0.333 e. The number of halogens is 2. The number of aromatic nitrogens is 4. The molecule has 4 atom stereocenters. The molecule has 192 valence electrons. The first-order chi connectivity index (χ1) is 17.0. The Balaban J connectivity index is 1.48. The number of carbonyl (C=O) groups excluding carboxylic acids is 1. The van der Waals surface area contributed by atoms with Crippen LogP contribution in [0.3, 0.4) is 0 Å². The Morgan fingerprint density at radius 3 is 2.72 bits per heavy atom. The molecule has 0 spiro atoms. The molecule has 1 aliphatic rings. The summed E-state index contributed by atoms with van der Waals surface area (Å²) >= 11 is 5.89. The van der Waals surface area contributed by atoms with Gasteiger partial charge < -0.3 is 10.2 Å². The molecule has 4 N–H and O–H groups in total. The minimum Gasteiger partial charge on any atom is -0.390 e. The fourth-order valence-corrected chi connectivity index (χ4v) is 4.94. The lowest BCUT2D eigenvalue weighted by Crippen LogP contribution is -2.31. The second kappa shape index (κ2) is 10.7. The number of hydrogen-bond donors (Lipinski definition) is 3. The zero-order chi connectivity index (χ0) is 26.0. The molecule has 14 heteroatoms. The molecule has 2 heterocycles. The molecule has 0 bridgehead atoms. The van der Waals surface area contributed by atoms with Crippen LogP contribution in [0.15, 0.2) is 43.0 Å². The highest BCUT2D eigenvalue weighted by molar-refractivity contribution is 7.84. The smallest absolute Gasteiger partial charge is 0.333 e. The normalized spacial score (nSPS) is 22.1. The summed E-state index contributed by atoms with van der Waals surface area (Å²) in [6.07, 6.45) is 2.10. The van der Waals surface area contributed by atoms with E-state index in [1.807, 2.05) is 0 Å². The number of nitrogens with zero attached hydrogens (tertiary/aromatic N) is 4. The van der Waals surface area contributed by atoms with Crippen molar-refractivity contribution in [2.24, 2.45) is 17.0 Å². The fraction of sp³-hybridized carbons (Fsp3) is 0.364. The summed E-state index contributed by atoms with van der Waals surface area (Å²) in [4.78, 5) is 21.3. The topological polar surface area (TPSA) is 171 Å². The molecule has 1 aliphatic carbocycles. The number of carbonyl (C=O) groups is 1. The van der Waals surface area contributed by atoms with Crippen molar-refractivity contribution in [2.45, 2.75) is 31.6 Å². The molecular weight excluding hydrogens is 517 g/mol. The van der Waals surface area contributed by atoms with Crippen LogP contribution in [0.25, 0.3) is 0 Å². The number of rotatable bonds is 9. The van der Waals surface area contributed by atoms with E-state index in [0.717, 1.165) is 0 Å². The minimum atomic E-state index is -4.19. The summed E-state index contributed by atoms with van der Waals surface area (Å²) in [6, 6.07) is 5.62. The second-order valence-corrected chi connectivity index (χ2v) is 10.3. The molecule has 3 aromatic rings. The highest BCUT2D eigenvalue weighted by Crippen LogP contribution is 2.35. The molecule has 4 rings (SSSR count). The fourth-order valence-electron chi connectivity index (χ4n) is 4.33. The van der Waals surface area contributed by atoms with E-state index in [2.05, 4.69) is 19.2 Å². The van der Waals surface area contributed by atoms with E-state index in [1.165, 1.54) is 35.4 Å². The predicted molar refractivity (Wildman–Crippen MR) is 125 cm³/mol. The largest absolute Gasteiger partial charge is 0.390 e. The van der Waals surface area contributed by atoms with Crippen molar-refractivity contribution >= 4 is 27.7 Å². The van der Waals surface area contributed by atoms with Gasteiger partial charge in [-0.1, -0.05) is 11.6 Å². The average molecular weight is 540 g/mol. The van der Waals surface area contributed by atoms with Crippen LogP contribution in [0.1, 0.15) is 33.7 Å². The number of ketones is 1. The minimum absolute atomic E-state index is 0.111. The van der Waals surface area contributed by atoms with E-state index in [0.29, 0.717) is 11.3 Å². The van der Waals surface area contributed by atoms with E-state index >= 15 is 0 Å². The van der Waals surface area contributed by atoms with Crippen molar-refractivity contribution in [1.29, 1.82) is 0 Å². The van der Waals surface area contributed by atoms with Gasteiger partial charge in [-0.25, -0.2) is 19.5 Å². The molecule has 0 radical (unpaired) electrons. The zero-order valence-electron chi connectivity index (χ0n) is 18.7. The Bertz CT molecular complexity index is 1350. The summed E-state index contributed by atoms with van der Waals surface area (Å²) < 4.78 is 41.8. The van der Waals surface area contributed by atoms with Crippen molar-refractivity contribution in [1.82, 2.24) is 19.7 Å². The second-order valence-electron chi connectivity index (χ2n) is 8.61. The van der Waals surface area contributed by atoms with Gasteiger partial charge in [-0.05, 0) is 48.6 Å². The monoisotopic (exact) mass is 539 g/mol. The van der Waals surface area contributed by atoms with Crippen molar-refractivity contribution in [2.75, 3.05) is 6.61 Å². The molecule has 0 amide bonds. The maximum atomic E-state index is 13.6. The lowest BCUT2D eigenvalue weighted by Gasteiger charge is -2.17. The molecule has 0 saturated heterocycles. The van der Waals surface area contributed by atoms with Crippen molar-refractivity contribution < 1.29 is 32.0 Å². The van der Waals surface area contributed by atoms with Crippen LogP contribution in [0.5, 0.6) is 0 Å². The zero-order valence-corrected chi connectivity index (χ0v) is 20.3. The molecule has 36 heavy (non-hydrogen) atoms. The summed E-state index contributed by atoms with van der Waals surface area (Å²) in [7, 11) is -4.19. The molecule has 0 aliphatic heterocycles. The summed E-state index contributed by atoms with van der Waals surface area (Å²) in [6.45, 7) is -0.186. The Hall–Kier alpha value is -2.81. The molecule has 1 saturated carbocycles. The lowest BCUT2D eigenvalue weighted by molar-refractivity contribution is -0.00334. The summed E-state index contributed by atoms with van der Waals surface area (Å²) in [5.41, 5.74) is 1.19. The molecule has 1 aromatic carbocycles. The van der Waals surface area contributed by atoms with Gasteiger partial charge in [-0.2, -0.15) is 13.5 Å². The number of benzene rings is 1. The molecule has 0 unspecified atom stereocenters. The lowest BCUT2D eigenvalue weighted by atomic mass is 9.95. The van der Waals surface area contributed by atoms with Gasteiger partial charge >= 0.3 is 10.3 Å². The highest BCUT2D eigenvalue weighted by Gasteiger charge is 2.42. The van der Waals surface area contributed by atoms with Crippen molar-refractivity contribution in [3.8, 4) is 0 Å². The average Bonchev–Trinajstić information content (AvgIpc) is 3.36. The summed E-state index contributed by atoms with van der Waals surface area (Å²) in [5.74, 6) is -2.13. The van der Waals surface area contributed by atoms with E-state index < -0.39 is 45.9 Å². The van der Waals surface area contributed by atoms with Gasteiger partial charge in [0.1, 0.15) is 17.8 Å². The van der Waals surface area contributed by atoms with Gasteiger partial charge in [-0.3, -0.25) is 13.7 Å². The van der Waals surface area contributed by atoms with Gasteiger partial charge in [0.05, 0.1) is 36.6 Å². The van der Waals surface area contributed by atoms with Crippen LogP contribution in [0.2, 0.25) is 5.02 Å². The predicted octanol–water partition coefficient (Wildman–Crippen LogP) is 0.865. The first kappa shape index (κ1) is 26.3. The maximum absolute atomic E-state index is 13.6. The third-order valence-corrected chi connectivity index (χ3v) is 6.69. The molecule has 11 nitrogen and oxygen atoms in total. The van der Waals surface area contributed by atoms with Crippen LogP contribution in [0, 0.1) is 17.7 Å². The Morgan fingerprint density at radius 1 is 1.25 bits per heavy atom. The molecular formula is C22H23ClFN5O6S. The first-order valence-corrected chi connectivity index (χ1v) is 12.7. The van der Waals surface area contributed by atoms with Crippen LogP contribution >= 0.6 is 11.6 Å². The number of nitrogens with two attached hydrogens (primary N) is 1. The van der Waals surface area contributed by atoms with Gasteiger partial charge in [0, 0.05) is 23.3 Å². The van der Waals surface area contributed by atoms with Gasteiger partial charge in [-0.15, -0.1) is 0 Å². The highest BCUT2D eigenvalue weighted by atomic mass is 35.5. The standard InChI is InChI=1S/C22H23ClFN5O6S/c23-15-3-12(4-16(24)7-15)9-29-2-1-18(28-29)22(32)17-8-26-11-27-19(17)6-13-5-14(21(31)20(13)30)10-35-36(25,33)34/h1-4,7-8,11,13-14,20-21,30-31H,5-6,9-10H2,(H2,25,33,34)/t13-,14+,20-,21+/m0/s1. The van der Waals surface area contributed by atoms with Crippen LogP contribution in [0.4, 0.5) is 4.39 Å². The SMILES string of the molecule is NS(=O)(=O)OC[C@H]1C[C@@H](Cc2ncncc2C(=O)c2ccn(Cc3cc(F)cc(Cl)c3)n2)[C@H](O)[C@@H]1O. The van der Waals surface area contributed by atoms with Gasteiger partial charge in [0.15, 0.2) is 0 Å². The van der Waals surface area contributed by atoms with E-state index in [9.17, 15) is 27.8 Å². The van der Waals surface area contributed by atoms with Gasteiger partial charge in [0.25, 0.3) is 0 Å². The van der Waals surface area contributed by atoms with Crippen molar-refractivity contribution in [3.05, 3.63) is 76.3 Å². The van der Waals surface area contributed by atoms with E-state index in [4.69, 9.17) is 16.7 Å². The van der Waals surface area contributed by atoms with Crippen molar-refractivity contribution in [3.63, 3.8) is 0 Å². The Labute approximate surface area is 211 Å². The number of hydrogen-bond acceptors (Lipinski definition) is 9. The molecule has 2 aromatic heterocycles. The van der Waals surface area contributed by atoms with Crippen LogP contribution in [-0.2, 0) is 27.5 Å². The van der Waals surface area contributed by atoms with Crippen LogP contribution < -0.4 is 5.14 Å². The van der Waals surface area contributed by atoms with E-state index in [1.54, 1.807) is 12.3 Å². The first-order valence-electron chi connectivity index (χ1n) is 10.9. The number of aliphatic hydroxyl groups is 2. The third-order valence-electron chi connectivity index (χ3n) is 6.00. The third kappa shape index (κ3) is 6.30. The summed E-state index contributed by atoms with van der Waals surface area (Å²) in [5, 5.41) is 30.1. The van der Waals surface area contributed by atoms with Crippen LogP contribution in [-0.4, -0.2) is 63.0 Å².